The van der Waals surface area contributed by atoms with Gasteiger partial charge in [0.2, 0.25) is 0 Å². The summed E-state index contributed by atoms with van der Waals surface area (Å²) in [7, 11) is 0. The van der Waals surface area contributed by atoms with Crippen molar-refractivity contribution >= 4 is 28.5 Å². The van der Waals surface area contributed by atoms with E-state index in [2.05, 4.69) is 40.0 Å². The Hall–Kier alpha value is -1.56. The van der Waals surface area contributed by atoms with Crippen LogP contribution in [0.4, 0.5) is 0 Å². The average molecular weight is 379 g/mol. The van der Waals surface area contributed by atoms with Crippen LogP contribution in [-0.2, 0) is 12.8 Å². The van der Waals surface area contributed by atoms with Gasteiger partial charge in [-0.25, -0.2) is 0 Å². The molecule has 0 heterocycles. The minimum atomic E-state index is -0.209. The number of rotatable bonds is 2. The highest BCUT2D eigenvalue weighted by molar-refractivity contribution is 14.1. The van der Waals surface area contributed by atoms with Crippen molar-refractivity contribution in [2.24, 2.45) is 0 Å². The summed E-state index contributed by atoms with van der Waals surface area (Å²) in [5, 5.41) is 12.8. The normalized spacial score (nSPS) is 14.1. The zero-order chi connectivity index (χ0) is 14.1. The number of hydrogen-bond acceptors (Lipinski definition) is 2. The number of benzene rings is 2. The van der Waals surface area contributed by atoms with E-state index in [1.54, 1.807) is 18.2 Å². The van der Waals surface area contributed by atoms with Crippen molar-refractivity contribution in [1.29, 1.82) is 0 Å². The maximum absolute atomic E-state index is 12.3. The molecule has 2 N–H and O–H groups in total. The Morgan fingerprint density at radius 3 is 2.45 bits per heavy atom. The standard InChI is InChI=1S/C16H14INO2/c17-12-5-6-15(19)14(9-12)16(20)18-13-7-10-3-1-2-4-11(10)8-13/h1-6,9,13,19H,7-8H2,(H,18,20). The van der Waals surface area contributed by atoms with E-state index in [1.807, 2.05) is 12.1 Å². The maximum Gasteiger partial charge on any atom is 0.255 e. The fourth-order valence-electron chi connectivity index (χ4n) is 2.61. The lowest BCUT2D eigenvalue weighted by molar-refractivity contribution is 0.0936. The lowest BCUT2D eigenvalue weighted by Gasteiger charge is -2.13. The number of phenols is 1. The molecular weight excluding hydrogens is 365 g/mol. The molecule has 1 aliphatic rings. The van der Waals surface area contributed by atoms with Gasteiger partial charge in [-0.15, -0.1) is 0 Å². The fraction of sp³-hybridized carbons (Fsp3) is 0.188. The Morgan fingerprint density at radius 1 is 1.15 bits per heavy atom. The van der Waals surface area contributed by atoms with Gasteiger partial charge in [0, 0.05) is 9.61 Å². The molecule has 1 aliphatic carbocycles. The Morgan fingerprint density at radius 2 is 1.80 bits per heavy atom. The molecule has 20 heavy (non-hydrogen) atoms. The molecule has 102 valence electrons. The molecule has 3 nitrogen and oxygen atoms in total. The summed E-state index contributed by atoms with van der Waals surface area (Å²) < 4.78 is 0.931. The minimum absolute atomic E-state index is 0.0263. The minimum Gasteiger partial charge on any atom is -0.507 e. The third-order valence-electron chi connectivity index (χ3n) is 3.59. The first-order chi connectivity index (χ1) is 9.63. The Balaban J connectivity index is 1.74. The van der Waals surface area contributed by atoms with Crippen molar-refractivity contribution in [3.63, 3.8) is 0 Å². The van der Waals surface area contributed by atoms with Gasteiger partial charge in [-0.05, 0) is 64.8 Å². The molecule has 4 heteroatoms. The van der Waals surface area contributed by atoms with Crippen molar-refractivity contribution in [3.8, 4) is 5.75 Å². The van der Waals surface area contributed by atoms with Crippen molar-refractivity contribution in [2.75, 3.05) is 0 Å². The second kappa shape index (κ2) is 5.44. The molecule has 1 amide bonds. The van der Waals surface area contributed by atoms with Crippen LogP contribution in [0.1, 0.15) is 21.5 Å². The molecule has 0 spiro atoms. The molecule has 2 aromatic carbocycles. The van der Waals surface area contributed by atoms with E-state index in [1.165, 1.54) is 11.1 Å². The fourth-order valence-corrected chi connectivity index (χ4v) is 3.11. The summed E-state index contributed by atoms with van der Waals surface area (Å²) in [6.07, 6.45) is 1.71. The van der Waals surface area contributed by atoms with Crippen LogP contribution in [0.5, 0.6) is 5.75 Å². The zero-order valence-electron chi connectivity index (χ0n) is 10.8. The number of amides is 1. The topological polar surface area (TPSA) is 49.3 Å². The van der Waals surface area contributed by atoms with Crippen molar-refractivity contribution < 1.29 is 9.90 Å². The molecule has 0 radical (unpaired) electrons. The van der Waals surface area contributed by atoms with Crippen LogP contribution >= 0.6 is 22.6 Å². The van der Waals surface area contributed by atoms with Crippen LogP contribution in [0.3, 0.4) is 0 Å². The van der Waals surface area contributed by atoms with Crippen LogP contribution in [0.15, 0.2) is 42.5 Å². The van der Waals surface area contributed by atoms with Crippen LogP contribution < -0.4 is 5.32 Å². The Kier molecular flexibility index (Phi) is 3.65. The molecule has 0 aliphatic heterocycles. The molecule has 0 unspecified atom stereocenters. The second-order valence-electron chi connectivity index (χ2n) is 5.01. The van der Waals surface area contributed by atoms with Crippen molar-refractivity contribution in [3.05, 3.63) is 62.7 Å². The van der Waals surface area contributed by atoms with E-state index in [4.69, 9.17) is 0 Å². The van der Waals surface area contributed by atoms with Crippen LogP contribution in [-0.4, -0.2) is 17.1 Å². The summed E-state index contributed by atoms with van der Waals surface area (Å²) in [5.74, 6) is -0.183. The summed E-state index contributed by atoms with van der Waals surface area (Å²) >= 11 is 2.13. The highest BCUT2D eigenvalue weighted by atomic mass is 127. The van der Waals surface area contributed by atoms with Gasteiger partial charge in [0.25, 0.3) is 5.91 Å². The van der Waals surface area contributed by atoms with Crippen LogP contribution in [0.25, 0.3) is 0 Å². The van der Waals surface area contributed by atoms with E-state index < -0.39 is 0 Å². The van der Waals surface area contributed by atoms with E-state index in [0.29, 0.717) is 5.56 Å². The smallest absolute Gasteiger partial charge is 0.255 e. The first kappa shape index (κ1) is 13.4. The first-order valence-corrected chi connectivity index (χ1v) is 7.57. The van der Waals surface area contributed by atoms with Gasteiger partial charge in [0.05, 0.1) is 5.56 Å². The summed E-state index contributed by atoms with van der Waals surface area (Å²) in [6.45, 7) is 0. The summed E-state index contributed by atoms with van der Waals surface area (Å²) in [6, 6.07) is 13.4. The number of halogens is 1. The van der Waals surface area contributed by atoms with E-state index >= 15 is 0 Å². The average Bonchev–Trinajstić information content (AvgIpc) is 2.83. The molecule has 2 aromatic rings. The van der Waals surface area contributed by atoms with Crippen molar-refractivity contribution in [1.82, 2.24) is 5.32 Å². The molecule has 0 atom stereocenters. The SMILES string of the molecule is O=C(NC1Cc2ccccc2C1)c1cc(I)ccc1O. The van der Waals surface area contributed by atoms with E-state index in [9.17, 15) is 9.90 Å². The second-order valence-corrected chi connectivity index (χ2v) is 6.25. The number of hydrogen-bond donors (Lipinski definition) is 2. The molecule has 0 aromatic heterocycles. The number of aromatic hydroxyl groups is 1. The third kappa shape index (κ3) is 2.65. The number of nitrogens with one attached hydrogen (secondary N) is 1. The van der Waals surface area contributed by atoms with Gasteiger partial charge < -0.3 is 10.4 Å². The van der Waals surface area contributed by atoms with Gasteiger partial charge in [-0.1, -0.05) is 24.3 Å². The van der Waals surface area contributed by atoms with Crippen LogP contribution in [0, 0.1) is 3.57 Å². The molecule has 0 fully saturated rings. The summed E-state index contributed by atoms with van der Waals surface area (Å²) in [4.78, 5) is 12.3. The van der Waals surface area contributed by atoms with Gasteiger partial charge >= 0.3 is 0 Å². The van der Waals surface area contributed by atoms with Gasteiger partial charge in [-0.2, -0.15) is 0 Å². The van der Waals surface area contributed by atoms with Crippen molar-refractivity contribution in [2.45, 2.75) is 18.9 Å². The highest BCUT2D eigenvalue weighted by Gasteiger charge is 2.23. The molecule has 0 saturated carbocycles. The summed E-state index contributed by atoms with van der Waals surface area (Å²) in [5.41, 5.74) is 2.93. The number of carbonyl (C=O) groups is 1. The number of phenolic OH excluding ortho intramolecular Hbond substituents is 1. The third-order valence-corrected chi connectivity index (χ3v) is 4.26. The van der Waals surface area contributed by atoms with Gasteiger partial charge in [0.15, 0.2) is 0 Å². The monoisotopic (exact) mass is 379 g/mol. The molecule has 3 rings (SSSR count). The Bertz CT molecular complexity index is 644. The maximum atomic E-state index is 12.3. The Labute approximate surface area is 131 Å². The highest BCUT2D eigenvalue weighted by Crippen LogP contribution is 2.23. The number of carbonyl (C=O) groups excluding carboxylic acids is 1. The number of fused-ring (bicyclic) bond motifs is 1. The van der Waals surface area contributed by atoms with Gasteiger partial charge in [0.1, 0.15) is 5.75 Å². The molecular formula is C16H14INO2. The lowest BCUT2D eigenvalue weighted by Crippen LogP contribution is -2.35. The van der Waals surface area contributed by atoms with Gasteiger partial charge in [-0.3, -0.25) is 4.79 Å². The van der Waals surface area contributed by atoms with E-state index in [0.717, 1.165) is 16.4 Å². The zero-order valence-corrected chi connectivity index (χ0v) is 12.9. The molecule has 0 bridgehead atoms. The first-order valence-electron chi connectivity index (χ1n) is 6.49. The molecule has 0 saturated heterocycles. The van der Waals surface area contributed by atoms with Crippen LogP contribution in [0.2, 0.25) is 0 Å². The lowest BCUT2D eigenvalue weighted by atomic mass is 10.1. The van der Waals surface area contributed by atoms with E-state index in [-0.39, 0.29) is 17.7 Å². The quantitative estimate of drug-likeness (QED) is 0.789. The predicted molar refractivity (Wildman–Crippen MR) is 85.9 cm³/mol. The largest absolute Gasteiger partial charge is 0.507 e. The predicted octanol–water partition coefficient (Wildman–Crippen LogP) is 2.89.